The van der Waals surface area contributed by atoms with Gasteiger partial charge in [0.2, 0.25) is 0 Å². The lowest BCUT2D eigenvalue weighted by Crippen LogP contribution is -2.09. The van der Waals surface area contributed by atoms with Crippen molar-refractivity contribution in [3.8, 4) is 11.3 Å². The molecule has 0 unspecified atom stereocenters. The first-order valence-electron chi connectivity index (χ1n) is 7.70. The van der Waals surface area contributed by atoms with Gasteiger partial charge in [-0.2, -0.15) is 0 Å². The summed E-state index contributed by atoms with van der Waals surface area (Å²) in [4.78, 5) is 6.98. The molecule has 0 spiro atoms. The number of thioether (sulfide) groups is 1. The number of thiazole rings is 1. The molecule has 1 aromatic heterocycles. The molecule has 0 saturated carbocycles. The summed E-state index contributed by atoms with van der Waals surface area (Å²) in [5, 5.41) is 6.55. The van der Waals surface area contributed by atoms with E-state index in [4.69, 9.17) is 4.98 Å². The van der Waals surface area contributed by atoms with Crippen molar-refractivity contribution in [2.45, 2.75) is 0 Å². The lowest BCUT2D eigenvalue weighted by atomic mass is 10.1. The van der Waals surface area contributed by atoms with Crippen LogP contribution in [-0.2, 0) is 0 Å². The Labute approximate surface area is 150 Å². The van der Waals surface area contributed by atoms with Crippen molar-refractivity contribution in [1.82, 2.24) is 9.88 Å². The normalized spacial score (nSPS) is 15.8. The summed E-state index contributed by atoms with van der Waals surface area (Å²) in [6, 6.07) is 20.8. The monoisotopic (exact) mass is 348 g/mol. The second kappa shape index (κ2) is 6.67. The van der Waals surface area contributed by atoms with Crippen molar-refractivity contribution in [1.29, 1.82) is 0 Å². The van der Waals surface area contributed by atoms with Gasteiger partial charge in [-0.3, -0.25) is 0 Å². The number of rotatable bonds is 3. The fourth-order valence-electron chi connectivity index (χ4n) is 2.60. The number of aromatic nitrogens is 1. The minimum Gasteiger partial charge on any atom is -0.338 e. The highest BCUT2D eigenvalue weighted by molar-refractivity contribution is 8.06. The second-order valence-electron chi connectivity index (χ2n) is 5.47. The summed E-state index contributed by atoms with van der Waals surface area (Å²) in [7, 11) is 2.11. The molecule has 4 rings (SSSR count). The summed E-state index contributed by atoms with van der Waals surface area (Å²) in [5.74, 6) is 0. The molecule has 0 atom stereocenters. The van der Waals surface area contributed by atoms with Crippen LogP contribution >= 0.6 is 23.1 Å². The van der Waals surface area contributed by atoms with Crippen molar-refractivity contribution < 1.29 is 0 Å². The number of benzene rings is 2. The average molecular weight is 348 g/mol. The van der Waals surface area contributed by atoms with E-state index in [2.05, 4.69) is 65.2 Å². The Morgan fingerprint density at radius 3 is 2.29 bits per heavy atom. The molecule has 0 aliphatic carbocycles. The van der Waals surface area contributed by atoms with Gasteiger partial charge in [0.1, 0.15) is 5.01 Å². The van der Waals surface area contributed by atoms with E-state index in [-0.39, 0.29) is 0 Å². The zero-order valence-corrected chi connectivity index (χ0v) is 14.8. The third-order valence-corrected chi connectivity index (χ3v) is 5.66. The van der Waals surface area contributed by atoms with Crippen molar-refractivity contribution in [2.24, 2.45) is 0 Å². The molecular formula is C20H16N2S2. The molecule has 3 aromatic rings. The number of hydrogen-bond acceptors (Lipinski definition) is 4. The van der Waals surface area contributed by atoms with Crippen molar-refractivity contribution in [3.63, 3.8) is 0 Å². The predicted octanol–water partition coefficient (Wildman–Crippen LogP) is 5.79. The van der Waals surface area contributed by atoms with Crippen LogP contribution in [0.15, 0.2) is 76.5 Å². The zero-order valence-electron chi connectivity index (χ0n) is 13.2. The van der Waals surface area contributed by atoms with E-state index in [1.807, 2.05) is 24.3 Å². The highest BCUT2D eigenvalue weighted by atomic mass is 32.2. The molecule has 0 radical (unpaired) electrons. The first-order chi connectivity index (χ1) is 11.8. The lowest BCUT2D eigenvalue weighted by molar-refractivity contribution is 0.652. The third-order valence-electron chi connectivity index (χ3n) is 3.89. The Bertz CT molecular complexity index is 896. The maximum absolute atomic E-state index is 4.76. The zero-order chi connectivity index (χ0) is 16.4. The van der Waals surface area contributed by atoms with Crippen LogP contribution in [0.5, 0.6) is 0 Å². The average Bonchev–Trinajstić information content (AvgIpc) is 3.25. The van der Waals surface area contributed by atoms with Crippen molar-refractivity contribution in [2.75, 3.05) is 7.05 Å². The van der Waals surface area contributed by atoms with E-state index < -0.39 is 0 Å². The molecule has 24 heavy (non-hydrogen) atoms. The minimum atomic E-state index is 1.03. The summed E-state index contributed by atoms with van der Waals surface area (Å²) in [6.45, 7) is 0. The van der Waals surface area contributed by atoms with E-state index in [0.717, 1.165) is 16.3 Å². The summed E-state index contributed by atoms with van der Waals surface area (Å²) in [5.41, 5.74) is 4.66. The molecule has 2 nitrogen and oxygen atoms in total. The molecule has 0 N–H and O–H groups in total. The molecule has 118 valence electrons. The fraction of sp³-hybridized carbons (Fsp3) is 0.0500. The van der Waals surface area contributed by atoms with Crippen LogP contribution in [0.3, 0.4) is 0 Å². The Kier molecular flexibility index (Phi) is 4.24. The first kappa shape index (κ1) is 15.2. The van der Waals surface area contributed by atoms with Gasteiger partial charge in [-0.1, -0.05) is 72.4 Å². The van der Waals surface area contributed by atoms with Gasteiger partial charge in [0.15, 0.2) is 0 Å². The van der Waals surface area contributed by atoms with Crippen LogP contribution in [0, 0.1) is 0 Å². The van der Waals surface area contributed by atoms with Gasteiger partial charge >= 0.3 is 0 Å². The van der Waals surface area contributed by atoms with Crippen LogP contribution < -0.4 is 0 Å². The maximum Gasteiger partial charge on any atom is 0.119 e. The van der Waals surface area contributed by atoms with Gasteiger partial charge in [-0.15, -0.1) is 11.3 Å². The van der Waals surface area contributed by atoms with Crippen molar-refractivity contribution >= 4 is 34.9 Å². The summed E-state index contributed by atoms with van der Waals surface area (Å²) in [6.07, 6.45) is 2.16. The van der Waals surface area contributed by atoms with E-state index in [9.17, 15) is 0 Å². The molecule has 2 aromatic carbocycles. The SMILES string of the molecule is CN1C(c2ccccc2)=CS/C1=C/c1nc(-c2ccccc2)cs1. The van der Waals surface area contributed by atoms with E-state index in [1.165, 1.54) is 16.3 Å². The Hall–Kier alpha value is -2.30. The topological polar surface area (TPSA) is 16.1 Å². The van der Waals surface area contributed by atoms with Gasteiger partial charge < -0.3 is 4.90 Å². The maximum atomic E-state index is 4.76. The third kappa shape index (κ3) is 3.03. The standard InChI is InChI=1S/C20H16N2S2/c1-22-18(16-10-6-3-7-11-16)14-24-20(22)12-19-21-17(13-23-19)15-8-4-2-5-9-15/h2-14H,1H3/b20-12+. The molecule has 2 heterocycles. The number of hydrogen-bond donors (Lipinski definition) is 0. The Balaban J connectivity index is 1.57. The van der Waals surface area contributed by atoms with Crippen LogP contribution in [0.2, 0.25) is 0 Å². The number of nitrogens with zero attached hydrogens (tertiary/aromatic N) is 2. The van der Waals surface area contributed by atoms with Gasteiger partial charge in [-0.25, -0.2) is 4.98 Å². The van der Waals surface area contributed by atoms with E-state index in [0.29, 0.717) is 0 Å². The summed E-state index contributed by atoms with van der Waals surface area (Å²) >= 11 is 3.42. The van der Waals surface area contributed by atoms with E-state index >= 15 is 0 Å². The Morgan fingerprint density at radius 1 is 0.917 bits per heavy atom. The van der Waals surface area contributed by atoms with Crippen LogP contribution in [0.25, 0.3) is 23.0 Å². The van der Waals surface area contributed by atoms with Crippen LogP contribution in [-0.4, -0.2) is 16.9 Å². The fourth-order valence-corrected chi connectivity index (χ4v) is 4.38. The highest BCUT2D eigenvalue weighted by Gasteiger charge is 2.19. The quantitative estimate of drug-likeness (QED) is 0.596. The van der Waals surface area contributed by atoms with Crippen molar-refractivity contribution in [3.05, 3.63) is 87.1 Å². The smallest absolute Gasteiger partial charge is 0.119 e. The van der Waals surface area contributed by atoms with Gasteiger partial charge in [0, 0.05) is 29.5 Å². The van der Waals surface area contributed by atoms with Gasteiger partial charge in [0.25, 0.3) is 0 Å². The molecular weight excluding hydrogens is 332 g/mol. The predicted molar refractivity (Wildman–Crippen MR) is 105 cm³/mol. The van der Waals surface area contributed by atoms with Gasteiger partial charge in [-0.05, 0) is 5.56 Å². The van der Waals surface area contributed by atoms with Gasteiger partial charge in [0.05, 0.1) is 16.4 Å². The molecule has 0 fully saturated rings. The molecule has 0 amide bonds. The first-order valence-corrected chi connectivity index (χ1v) is 9.46. The highest BCUT2D eigenvalue weighted by Crippen LogP contribution is 2.39. The Morgan fingerprint density at radius 2 is 1.58 bits per heavy atom. The molecule has 0 saturated heterocycles. The van der Waals surface area contributed by atoms with Crippen LogP contribution in [0.1, 0.15) is 10.6 Å². The lowest BCUT2D eigenvalue weighted by Gasteiger charge is -2.17. The molecule has 1 aliphatic heterocycles. The minimum absolute atomic E-state index is 1.03. The summed E-state index contributed by atoms with van der Waals surface area (Å²) < 4.78 is 0. The largest absolute Gasteiger partial charge is 0.338 e. The molecule has 1 aliphatic rings. The van der Waals surface area contributed by atoms with E-state index in [1.54, 1.807) is 23.1 Å². The van der Waals surface area contributed by atoms with Crippen LogP contribution in [0.4, 0.5) is 0 Å². The molecule has 4 heteroatoms. The second-order valence-corrected chi connectivity index (χ2v) is 7.24. The molecule has 0 bridgehead atoms.